The van der Waals surface area contributed by atoms with Crippen LogP contribution in [0.1, 0.15) is 36.0 Å². The second-order valence-corrected chi connectivity index (χ2v) is 7.37. The Bertz CT molecular complexity index is 941. The van der Waals surface area contributed by atoms with Gasteiger partial charge in [0.1, 0.15) is 10.0 Å². The lowest BCUT2D eigenvalue weighted by atomic mass is 10.0. The van der Waals surface area contributed by atoms with E-state index in [0.717, 1.165) is 26.7 Å². The van der Waals surface area contributed by atoms with Crippen molar-refractivity contribution >= 4 is 23.2 Å². The minimum Gasteiger partial charge on any atom is -0.352 e. The van der Waals surface area contributed by atoms with Crippen molar-refractivity contribution < 1.29 is 9.59 Å². The molecule has 0 aliphatic carbocycles. The van der Waals surface area contributed by atoms with Gasteiger partial charge < -0.3 is 10.6 Å². The van der Waals surface area contributed by atoms with E-state index >= 15 is 0 Å². The summed E-state index contributed by atoms with van der Waals surface area (Å²) in [5.74, 6) is -0.177. The molecular weight excluding hydrogens is 374 g/mol. The van der Waals surface area contributed by atoms with Gasteiger partial charge in [-0.15, -0.1) is 10.2 Å². The largest absolute Gasteiger partial charge is 0.352 e. The lowest BCUT2D eigenvalue weighted by Gasteiger charge is -2.15. The van der Waals surface area contributed by atoms with Crippen LogP contribution < -0.4 is 10.6 Å². The number of carbonyl (C=O) groups excluding carboxylic acids is 2. The van der Waals surface area contributed by atoms with E-state index in [-0.39, 0.29) is 17.9 Å². The molecule has 1 unspecified atom stereocenters. The first-order valence-electron chi connectivity index (χ1n) is 8.84. The third-order valence-electron chi connectivity index (χ3n) is 4.05. The zero-order chi connectivity index (χ0) is 19.9. The molecule has 28 heavy (non-hydrogen) atoms. The maximum atomic E-state index is 11.7. The van der Waals surface area contributed by atoms with Crippen LogP contribution in [-0.4, -0.2) is 27.0 Å². The van der Waals surface area contributed by atoms with Crippen LogP contribution in [0.2, 0.25) is 0 Å². The van der Waals surface area contributed by atoms with Crippen molar-refractivity contribution in [2.45, 2.75) is 32.9 Å². The molecule has 0 spiro atoms. The van der Waals surface area contributed by atoms with Crippen LogP contribution in [0.4, 0.5) is 0 Å². The van der Waals surface area contributed by atoms with Crippen LogP contribution in [0.15, 0.2) is 48.8 Å². The standard InChI is InChI=1S/C20H21N5O2S/c1-13(26)22-12-16-5-3-15(4-6-16)11-18(23-14(2)27)20-25-24-19(28-20)17-7-9-21-10-8-17/h3-10,18H,11-12H2,1-2H3,(H,22,26)(H,23,27). The average Bonchev–Trinajstić information content (AvgIpc) is 3.17. The van der Waals surface area contributed by atoms with Gasteiger partial charge in [-0.1, -0.05) is 35.6 Å². The van der Waals surface area contributed by atoms with E-state index < -0.39 is 0 Å². The third-order valence-corrected chi connectivity index (χ3v) is 5.13. The number of nitrogens with one attached hydrogen (secondary N) is 2. The van der Waals surface area contributed by atoms with Crippen LogP contribution in [0.5, 0.6) is 0 Å². The topological polar surface area (TPSA) is 96.9 Å². The monoisotopic (exact) mass is 395 g/mol. The van der Waals surface area contributed by atoms with Gasteiger partial charge in [0.15, 0.2) is 0 Å². The predicted molar refractivity (Wildman–Crippen MR) is 107 cm³/mol. The fourth-order valence-electron chi connectivity index (χ4n) is 2.69. The Hall–Kier alpha value is -3.13. The number of pyridine rings is 1. The van der Waals surface area contributed by atoms with Crippen molar-refractivity contribution in [3.8, 4) is 10.6 Å². The zero-order valence-corrected chi connectivity index (χ0v) is 16.5. The summed E-state index contributed by atoms with van der Waals surface area (Å²) in [4.78, 5) is 26.7. The molecule has 1 atom stereocenters. The third kappa shape index (κ3) is 5.43. The van der Waals surface area contributed by atoms with Crippen molar-refractivity contribution in [1.82, 2.24) is 25.8 Å². The Balaban J connectivity index is 1.75. The van der Waals surface area contributed by atoms with Gasteiger partial charge in [-0.3, -0.25) is 14.6 Å². The summed E-state index contributed by atoms with van der Waals surface area (Å²) in [6, 6.07) is 11.4. The van der Waals surface area contributed by atoms with E-state index in [0.29, 0.717) is 13.0 Å². The molecule has 144 valence electrons. The van der Waals surface area contributed by atoms with E-state index in [1.54, 1.807) is 12.4 Å². The second-order valence-electron chi connectivity index (χ2n) is 6.36. The normalized spacial score (nSPS) is 11.6. The number of hydrogen-bond donors (Lipinski definition) is 2. The van der Waals surface area contributed by atoms with Crippen molar-refractivity contribution in [2.75, 3.05) is 0 Å². The maximum absolute atomic E-state index is 11.7. The van der Waals surface area contributed by atoms with Crippen LogP contribution in [0.25, 0.3) is 10.6 Å². The SMILES string of the molecule is CC(=O)NCc1ccc(CC(NC(C)=O)c2nnc(-c3ccncc3)s2)cc1. The number of benzene rings is 1. The van der Waals surface area contributed by atoms with Gasteiger partial charge in [0.05, 0.1) is 6.04 Å². The number of hydrogen-bond acceptors (Lipinski definition) is 6. The lowest BCUT2D eigenvalue weighted by Crippen LogP contribution is -2.27. The molecule has 0 aliphatic rings. The van der Waals surface area contributed by atoms with Gasteiger partial charge >= 0.3 is 0 Å². The molecular formula is C20H21N5O2S. The summed E-state index contributed by atoms with van der Waals surface area (Å²) in [7, 11) is 0. The van der Waals surface area contributed by atoms with Crippen LogP contribution in [0, 0.1) is 0 Å². The molecule has 0 fully saturated rings. The van der Waals surface area contributed by atoms with Gasteiger partial charge in [0, 0.05) is 38.3 Å². The second kappa shape index (κ2) is 9.18. The molecule has 0 radical (unpaired) electrons. The number of nitrogens with zero attached hydrogens (tertiary/aromatic N) is 3. The zero-order valence-electron chi connectivity index (χ0n) is 15.7. The highest BCUT2D eigenvalue weighted by atomic mass is 32.1. The Morgan fingerprint density at radius 1 is 0.964 bits per heavy atom. The fourth-order valence-corrected chi connectivity index (χ4v) is 3.59. The van der Waals surface area contributed by atoms with Crippen molar-refractivity contribution in [1.29, 1.82) is 0 Å². The quantitative estimate of drug-likeness (QED) is 0.641. The maximum Gasteiger partial charge on any atom is 0.217 e. The molecule has 3 rings (SSSR count). The van der Waals surface area contributed by atoms with Gasteiger partial charge in [0.2, 0.25) is 11.8 Å². The molecule has 2 aromatic heterocycles. The number of aromatic nitrogens is 3. The summed E-state index contributed by atoms with van der Waals surface area (Å²) in [5.41, 5.74) is 3.03. The summed E-state index contributed by atoms with van der Waals surface area (Å²) in [6.07, 6.45) is 4.03. The molecule has 0 saturated carbocycles. The first kappa shape index (κ1) is 19.6. The summed E-state index contributed by atoms with van der Waals surface area (Å²) < 4.78 is 0. The molecule has 0 bridgehead atoms. The van der Waals surface area contributed by atoms with E-state index in [1.165, 1.54) is 25.2 Å². The molecule has 2 N–H and O–H groups in total. The van der Waals surface area contributed by atoms with E-state index in [4.69, 9.17) is 0 Å². The molecule has 2 amide bonds. The summed E-state index contributed by atoms with van der Waals surface area (Å²) in [6.45, 7) is 3.49. The first-order valence-corrected chi connectivity index (χ1v) is 9.66. The van der Waals surface area contributed by atoms with Crippen molar-refractivity contribution in [3.05, 3.63) is 64.9 Å². The molecule has 2 heterocycles. The smallest absolute Gasteiger partial charge is 0.217 e. The molecule has 8 heteroatoms. The molecule has 7 nitrogen and oxygen atoms in total. The van der Waals surface area contributed by atoms with Crippen LogP contribution in [0.3, 0.4) is 0 Å². The average molecular weight is 395 g/mol. The predicted octanol–water partition coefficient (Wildman–Crippen LogP) is 2.66. The minimum atomic E-state index is -0.258. The highest BCUT2D eigenvalue weighted by molar-refractivity contribution is 7.14. The van der Waals surface area contributed by atoms with Gasteiger partial charge in [-0.25, -0.2) is 0 Å². The van der Waals surface area contributed by atoms with Crippen molar-refractivity contribution in [2.24, 2.45) is 0 Å². The molecule has 0 aliphatic heterocycles. The number of carbonyl (C=O) groups is 2. The highest BCUT2D eigenvalue weighted by Gasteiger charge is 2.19. The summed E-state index contributed by atoms with van der Waals surface area (Å²) >= 11 is 1.46. The van der Waals surface area contributed by atoms with Crippen LogP contribution >= 0.6 is 11.3 Å². The molecule has 1 aromatic carbocycles. The Labute approximate surface area is 167 Å². The highest BCUT2D eigenvalue weighted by Crippen LogP contribution is 2.28. The minimum absolute atomic E-state index is 0.0592. The lowest BCUT2D eigenvalue weighted by molar-refractivity contribution is -0.120. The van der Waals surface area contributed by atoms with Crippen LogP contribution in [-0.2, 0) is 22.6 Å². The molecule has 3 aromatic rings. The van der Waals surface area contributed by atoms with Crippen molar-refractivity contribution in [3.63, 3.8) is 0 Å². The summed E-state index contributed by atoms with van der Waals surface area (Å²) in [5, 5.41) is 15.8. The Morgan fingerprint density at radius 3 is 2.29 bits per heavy atom. The van der Waals surface area contributed by atoms with E-state index in [1.807, 2.05) is 36.4 Å². The van der Waals surface area contributed by atoms with Gasteiger partial charge in [-0.2, -0.15) is 0 Å². The Morgan fingerprint density at radius 2 is 1.64 bits per heavy atom. The van der Waals surface area contributed by atoms with E-state index in [2.05, 4.69) is 25.8 Å². The first-order chi connectivity index (χ1) is 13.5. The van der Waals surface area contributed by atoms with Gasteiger partial charge in [-0.05, 0) is 29.7 Å². The van der Waals surface area contributed by atoms with Gasteiger partial charge in [0.25, 0.3) is 0 Å². The molecule has 0 saturated heterocycles. The van der Waals surface area contributed by atoms with E-state index in [9.17, 15) is 9.59 Å². The fraction of sp³-hybridized carbons (Fsp3) is 0.250. The Kier molecular flexibility index (Phi) is 6.44. The number of amides is 2. The number of rotatable bonds is 7.